The highest BCUT2D eigenvalue weighted by molar-refractivity contribution is 5.83. The number of rotatable bonds is 9. The minimum atomic E-state index is -2.83. The summed E-state index contributed by atoms with van der Waals surface area (Å²) < 4.78 is 42.6. The maximum Gasteiger partial charge on any atom is 0.326 e. The number of ether oxygens (including phenoxy) is 1. The van der Waals surface area contributed by atoms with E-state index in [1.54, 1.807) is 6.07 Å². The lowest BCUT2D eigenvalue weighted by Crippen LogP contribution is -2.42. The quantitative estimate of drug-likeness (QED) is 0.684. The maximum absolute atomic E-state index is 13.2. The van der Waals surface area contributed by atoms with E-state index in [9.17, 15) is 22.8 Å². The third-order valence-electron chi connectivity index (χ3n) is 2.69. The number of para-hydroxylation sites is 1. The number of alkyl halides is 2. The van der Waals surface area contributed by atoms with Crippen molar-refractivity contribution in [2.45, 2.75) is 31.7 Å². The Morgan fingerprint density at radius 2 is 1.95 bits per heavy atom. The summed E-state index contributed by atoms with van der Waals surface area (Å²) in [6.45, 7) is 0.0426. The van der Waals surface area contributed by atoms with Crippen LogP contribution in [-0.2, 0) is 9.59 Å². The largest absolute Gasteiger partial charge is 0.491 e. The van der Waals surface area contributed by atoms with Crippen LogP contribution in [0.5, 0.6) is 5.75 Å². The molecule has 5 nitrogen and oxygen atoms in total. The molecule has 8 heteroatoms. The Hall–Kier alpha value is -2.25. The lowest BCUT2D eigenvalue weighted by atomic mass is 10.2. The molecule has 22 heavy (non-hydrogen) atoms. The van der Waals surface area contributed by atoms with E-state index in [2.05, 4.69) is 0 Å². The van der Waals surface area contributed by atoms with Gasteiger partial charge in [-0.1, -0.05) is 12.1 Å². The summed E-state index contributed by atoms with van der Waals surface area (Å²) in [4.78, 5) is 22.2. The first-order valence-corrected chi connectivity index (χ1v) is 6.57. The van der Waals surface area contributed by atoms with Gasteiger partial charge < -0.3 is 15.2 Å². The minimum absolute atomic E-state index is 0.0426. The normalized spacial score (nSPS) is 12.0. The number of halogens is 3. The molecule has 2 N–H and O–H groups in total. The van der Waals surface area contributed by atoms with Crippen LogP contribution in [0.1, 0.15) is 19.3 Å². The van der Waals surface area contributed by atoms with Crippen molar-refractivity contribution in [1.29, 1.82) is 0 Å². The molecule has 0 saturated heterocycles. The van der Waals surface area contributed by atoms with Gasteiger partial charge in [0.05, 0.1) is 6.61 Å². The van der Waals surface area contributed by atoms with Gasteiger partial charge in [0.1, 0.15) is 6.04 Å². The lowest BCUT2D eigenvalue weighted by Gasteiger charge is -2.14. The zero-order valence-electron chi connectivity index (χ0n) is 11.6. The van der Waals surface area contributed by atoms with Crippen LogP contribution in [-0.4, -0.2) is 36.1 Å². The number of amides is 1. The van der Waals surface area contributed by atoms with E-state index in [-0.39, 0.29) is 25.2 Å². The van der Waals surface area contributed by atoms with Gasteiger partial charge in [0, 0.05) is 12.8 Å². The Labute approximate surface area is 125 Å². The molecular formula is C14H16F3NO4. The minimum Gasteiger partial charge on any atom is -0.491 e. The van der Waals surface area contributed by atoms with Gasteiger partial charge in [0.25, 0.3) is 0 Å². The van der Waals surface area contributed by atoms with Crippen LogP contribution in [0.3, 0.4) is 0 Å². The number of nitrogens with one attached hydrogen (secondary N) is 1. The average molecular weight is 319 g/mol. The van der Waals surface area contributed by atoms with Gasteiger partial charge in [-0.2, -0.15) is 0 Å². The van der Waals surface area contributed by atoms with Gasteiger partial charge in [-0.05, 0) is 18.6 Å². The molecular weight excluding hydrogens is 303 g/mol. The smallest absolute Gasteiger partial charge is 0.326 e. The molecule has 0 saturated carbocycles. The highest BCUT2D eigenvalue weighted by Gasteiger charge is 2.23. The molecule has 1 amide bonds. The topological polar surface area (TPSA) is 75.6 Å². The van der Waals surface area contributed by atoms with Crippen molar-refractivity contribution in [2.75, 3.05) is 6.61 Å². The molecule has 0 spiro atoms. The summed E-state index contributed by atoms with van der Waals surface area (Å²) in [6, 6.07) is 4.12. The molecule has 0 bridgehead atoms. The van der Waals surface area contributed by atoms with Crippen molar-refractivity contribution in [1.82, 2.24) is 5.32 Å². The highest BCUT2D eigenvalue weighted by Crippen LogP contribution is 2.15. The zero-order chi connectivity index (χ0) is 16.5. The molecule has 0 fully saturated rings. The van der Waals surface area contributed by atoms with Gasteiger partial charge in [0.15, 0.2) is 11.6 Å². The number of carboxylic acid groups (broad SMARTS) is 1. The van der Waals surface area contributed by atoms with Crippen molar-refractivity contribution in [2.24, 2.45) is 0 Å². The van der Waals surface area contributed by atoms with E-state index < -0.39 is 36.6 Å². The van der Waals surface area contributed by atoms with E-state index in [4.69, 9.17) is 9.84 Å². The van der Waals surface area contributed by atoms with E-state index >= 15 is 0 Å². The van der Waals surface area contributed by atoms with Gasteiger partial charge in [-0.15, -0.1) is 0 Å². The number of benzene rings is 1. The lowest BCUT2D eigenvalue weighted by molar-refractivity contribution is -0.143. The van der Waals surface area contributed by atoms with Crippen molar-refractivity contribution < 1.29 is 32.6 Å². The van der Waals surface area contributed by atoms with Crippen LogP contribution in [0.25, 0.3) is 0 Å². The second kappa shape index (κ2) is 8.91. The fraction of sp³-hybridized carbons (Fsp3) is 0.429. The summed E-state index contributed by atoms with van der Waals surface area (Å²) in [5, 5.41) is 10.7. The third-order valence-corrected chi connectivity index (χ3v) is 2.69. The Morgan fingerprint density at radius 1 is 1.27 bits per heavy atom. The Morgan fingerprint density at radius 3 is 2.55 bits per heavy atom. The molecule has 0 aliphatic carbocycles. The van der Waals surface area contributed by atoms with Crippen molar-refractivity contribution in [3.8, 4) is 5.75 Å². The van der Waals surface area contributed by atoms with Gasteiger partial charge in [0.2, 0.25) is 12.3 Å². The van der Waals surface area contributed by atoms with E-state index in [1.165, 1.54) is 18.2 Å². The number of hydrogen-bond acceptors (Lipinski definition) is 3. The van der Waals surface area contributed by atoms with Gasteiger partial charge in [-0.25, -0.2) is 18.0 Å². The number of carbonyl (C=O) groups excluding carboxylic acids is 1. The molecule has 0 heterocycles. The maximum atomic E-state index is 13.2. The highest BCUT2D eigenvalue weighted by atomic mass is 19.3. The SMILES string of the molecule is O=C(CCCOc1ccccc1F)NC(CC(F)F)C(=O)O. The predicted molar refractivity (Wildman–Crippen MR) is 71.3 cm³/mol. The molecule has 1 atom stereocenters. The summed E-state index contributed by atoms with van der Waals surface area (Å²) >= 11 is 0. The van der Waals surface area contributed by atoms with Gasteiger partial charge >= 0.3 is 5.97 Å². The zero-order valence-corrected chi connectivity index (χ0v) is 11.6. The Kier molecular flexibility index (Phi) is 7.21. The van der Waals surface area contributed by atoms with Crippen LogP contribution in [0.15, 0.2) is 24.3 Å². The fourth-order valence-corrected chi connectivity index (χ4v) is 1.64. The Bertz CT molecular complexity index is 511. The van der Waals surface area contributed by atoms with E-state index in [0.717, 1.165) is 0 Å². The van der Waals surface area contributed by atoms with Crippen LogP contribution >= 0.6 is 0 Å². The molecule has 0 aliphatic heterocycles. The molecule has 1 aromatic carbocycles. The summed E-state index contributed by atoms with van der Waals surface area (Å²) in [6.07, 6.45) is -3.69. The van der Waals surface area contributed by atoms with Crippen molar-refractivity contribution >= 4 is 11.9 Å². The molecule has 0 radical (unpaired) electrons. The predicted octanol–water partition coefficient (Wildman–Crippen LogP) is 2.21. The van der Waals surface area contributed by atoms with Crippen LogP contribution in [0, 0.1) is 5.82 Å². The van der Waals surface area contributed by atoms with E-state index in [1.807, 2.05) is 5.32 Å². The average Bonchev–Trinajstić information content (AvgIpc) is 2.44. The second-order valence-electron chi connectivity index (χ2n) is 4.47. The second-order valence-corrected chi connectivity index (χ2v) is 4.47. The summed E-state index contributed by atoms with van der Waals surface area (Å²) in [7, 11) is 0. The third kappa shape index (κ3) is 6.47. The van der Waals surface area contributed by atoms with Crippen LogP contribution in [0.2, 0.25) is 0 Å². The monoisotopic (exact) mass is 319 g/mol. The van der Waals surface area contributed by atoms with Crippen molar-refractivity contribution in [3.05, 3.63) is 30.1 Å². The Balaban J connectivity index is 2.30. The standard InChI is InChI=1S/C14H16F3NO4/c15-9-4-1-2-5-11(9)22-7-3-6-13(19)18-10(14(20)21)8-12(16)17/h1-2,4-5,10,12H,3,6-8H2,(H,18,19)(H,20,21). The van der Waals surface area contributed by atoms with Gasteiger partial charge in [-0.3, -0.25) is 4.79 Å². The van der Waals surface area contributed by atoms with Crippen LogP contribution < -0.4 is 10.1 Å². The number of aliphatic carboxylic acids is 1. The summed E-state index contributed by atoms with van der Waals surface area (Å²) in [5.41, 5.74) is 0. The molecule has 0 aliphatic rings. The molecule has 0 aromatic heterocycles. The molecule has 1 rings (SSSR count). The summed E-state index contributed by atoms with van der Waals surface area (Å²) in [5.74, 6) is -2.68. The number of carboxylic acids is 1. The van der Waals surface area contributed by atoms with Crippen molar-refractivity contribution in [3.63, 3.8) is 0 Å². The molecule has 122 valence electrons. The fourth-order valence-electron chi connectivity index (χ4n) is 1.64. The number of carbonyl (C=O) groups is 2. The molecule has 1 unspecified atom stereocenters. The van der Waals surface area contributed by atoms with E-state index in [0.29, 0.717) is 0 Å². The number of hydrogen-bond donors (Lipinski definition) is 2. The van der Waals surface area contributed by atoms with Crippen LogP contribution in [0.4, 0.5) is 13.2 Å². The first-order chi connectivity index (χ1) is 10.4. The molecule has 1 aromatic rings. The first kappa shape index (κ1) is 17.8. The first-order valence-electron chi connectivity index (χ1n) is 6.57.